The van der Waals surface area contributed by atoms with Gasteiger partial charge in [0.15, 0.2) is 0 Å². The Hall–Kier alpha value is -2.66. The van der Waals surface area contributed by atoms with Gasteiger partial charge in [0, 0.05) is 50.4 Å². The van der Waals surface area contributed by atoms with Crippen LogP contribution in [0.15, 0.2) is 47.6 Å². The lowest BCUT2D eigenvalue weighted by Gasteiger charge is -2.36. The van der Waals surface area contributed by atoms with Crippen LogP contribution in [0.2, 0.25) is 0 Å². The van der Waals surface area contributed by atoms with Crippen molar-refractivity contribution in [2.24, 2.45) is 5.10 Å². The van der Waals surface area contributed by atoms with Crippen LogP contribution in [0.3, 0.4) is 0 Å². The van der Waals surface area contributed by atoms with Crippen LogP contribution in [0.1, 0.15) is 28.7 Å². The van der Waals surface area contributed by atoms with Gasteiger partial charge < -0.3 is 4.90 Å². The first kappa shape index (κ1) is 20.1. The average molecular weight is 379 g/mol. The maximum atomic E-state index is 12.1. The molecule has 5 heteroatoms. The summed E-state index contributed by atoms with van der Waals surface area (Å²) in [6.45, 7) is 10.9. The van der Waals surface area contributed by atoms with E-state index < -0.39 is 0 Å². The molecule has 1 saturated heterocycles. The Morgan fingerprint density at radius 3 is 2.32 bits per heavy atom. The largest absolute Gasteiger partial charge is 0.369 e. The van der Waals surface area contributed by atoms with Crippen molar-refractivity contribution < 1.29 is 4.79 Å². The van der Waals surface area contributed by atoms with Crippen LogP contribution < -0.4 is 10.3 Å². The highest BCUT2D eigenvalue weighted by Crippen LogP contribution is 2.16. The number of anilines is 1. The third kappa shape index (κ3) is 5.42. The van der Waals surface area contributed by atoms with Crippen molar-refractivity contribution in [1.29, 1.82) is 0 Å². The number of para-hydroxylation sites is 1. The van der Waals surface area contributed by atoms with E-state index in [1.54, 1.807) is 6.21 Å². The van der Waals surface area contributed by atoms with Gasteiger partial charge in [-0.25, -0.2) is 5.43 Å². The van der Waals surface area contributed by atoms with Gasteiger partial charge in [0.1, 0.15) is 0 Å². The quantitative estimate of drug-likeness (QED) is 0.620. The van der Waals surface area contributed by atoms with Gasteiger partial charge in [-0.3, -0.25) is 9.69 Å². The molecule has 2 aromatic carbocycles. The van der Waals surface area contributed by atoms with Crippen molar-refractivity contribution in [1.82, 2.24) is 10.3 Å². The number of carbonyl (C=O) groups excluding carboxylic acids is 1. The average Bonchev–Trinajstić information content (AvgIpc) is 2.69. The molecule has 0 aromatic heterocycles. The topological polar surface area (TPSA) is 47.9 Å². The van der Waals surface area contributed by atoms with Gasteiger partial charge in [-0.15, -0.1) is 0 Å². The lowest BCUT2D eigenvalue weighted by molar-refractivity contribution is -0.121. The first-order valence-corrected chi connectivity index (χ1v) is 9.95. The molecule has 28 heavy (non-hydrogen) atoms. The van der Waals surface area contributed by atoms with E-state index in [4.69, 9.17) is 0 Å². The molecule has 148 valence electrons. The van der Waals surface area contributed by atoms with Gasteiger partial charge in [-0.1, -0.05) is 35.9 Å². The Morgan fingerprint density at radius 2 is 1.68 bits per heavy atom. The molecule has 5 nitrogen and oxygen atoms in total. The Bertz CT molecular complexity index is 801. The fourth-order valence-electron chi connectivity index (χ4n) is 3.75. The zero-order valence-corrected chi connectivity index (χ0v) is 17.1. The third-order valence-corrected chi connectivity index (χ3v) is 5.27. The van der Waals surface area contributed by atoms with E-state index in [1.807, 2.05) is 6.07 Å². The van der Waals surface area contributed by atoms with Crippen molar-refractivity contribution in [2.45, 2.75) is 27.2 Å². The number of nitrogens with one attached hydrogen (secondary N) is 1. The first-order valence-electron chi connectivity index (χ1n) is 9.95. The molecular formula is C23H30N4O. The highest BCUT2D eigenvalue weighted by molar-refractivity contribution is 5.85. The maximum Gasteiger partial charge on any atom is 0.241 e. The monoisotopic (exact) mass is 378 g/mol. The second-order valence-corrected chi connectivity index (χ2v) is 7.52. The number of hydrogen-bond donors (Lipinski definition) is 1. The molecule has 1 heterocycles. The van der Waals surface area contributed by atoms with E-state index in [9.17, 15) is 4.79 Å². The van der Waals surface area contributed by atoms with E-state index >= 15 is 0 Å². The molecule has 0 bridgehead atoms. The van der Waals surface area contributed by atoms with Crippen LogP contribution in [0.25, 0.3) is 0 Å². The fraction of sp³-hybridized carbons (Fsp3) is 0.391. The minimum absolute atomic E-state index is 0.0378. The van der Waals surface area contributed by atoms with Gasteiger partial charge in [0.25, 0.3) is 0 Å². The maximum absolute atomic E-state index is 12.1. The van der Waals surface area contributed by atoms with Gasteiger partial charge in [0.2, 0.25) is 5.91 Å². The Kier molecular flexibility index (Phi) is 6.82. The van der Waals surface area contributed by atoms with Crippen LogP contribution in [0.5, 0.6) is 0 Å². The van der Waals surface area contributed by atoms with Crippen molar-refractivity contribution in [2.75, 3.05) is 37.6 Å². The molecule has 0 spiro atoms. The predicted molar refractivity (Wildman–Crippen MR) is 116 cm³/mol. The van der Waals surface area contributed by atoms with Crippen molar-refractivity contribution in [3.8, 4) is 0 Å². The Morgan fingerprint density at radius 1 is 1.04 bits per heavy atom. The van der Waals surface area contributed by atoms with Crippen molar-refractivity contribution >= 4 is 17.8 Å². The van der Waals surface area contributed by atoms with E-state index in [0.717, 1.165) is 38.3 Å². The summed E-state index contributed by atoms with van der Waals surface area (Å²) in [5.74, 6) is -0.0378. The molecular weight excluding hydrogens is 348 g/mol. The van der Waals surface area contributed by atoms with Gasteiger partial charge in [-0.05, 0) is 44.0 Å². The second kappa shape index (κ2) is 9.51. The molecule has 0 aliphatic carbocycles. The lowest BCUT2D eigenvalue weighted by Crippen LogP contribution is -2.47. The standard InChI is InChI=1S/C23H30N4O/c1-18-15-19(2)22(20(3)16-18)17-24-25-23(28)9-10-26-11-13-27(14-12-26)21-7-5-4-6-8-21/h4-8,15-17H,9-14H2,1-3H3,(H,25,28)/b24-17+. The number of piperazine rings is 1. The number of carbonyl (C=O) groups is 1. The molecule has 1 N–H and O–H groups in total. The van der Waals surface area contributed by atoms with E-state index in [-0.39, 0.29) is 5.91 Å². The normalized spacial score (nSPS) is 15.2. The summed E-state index contributed by atoms with van der Waals surface area (Å²) >= 11 is 0. The van der Waals surface area contributed by atoms with Gasteiger partial charge >= 0.3 is 0 Å². The summed E-state index contributed by atoms with van der Waals surface area (Å²) in [5.41, 5.74) is 8.60. The zero-order chi connectivity index (χ0) is 19.9. The minimum Gasteiger partial charge on any atom is -0.369 e. The molecule has 0 saturated carbocycles. The van der Waals surface area contributed by atoms with Crippen LogP contribution in [-0.4, -0.2) is 49.7 Å². The summed E-state index contributed by atoms with van der Waals surface area (Å²) in [7, 11) is 0. The molecule has 2 aromatic rings. The molecule has 0 unspecified atom stereocenters. The van der Waals surface area contributed by atoms with E-state index in [1.165, 1.54) is 22.4 Å². The molecule has 1 amide bonds. The lowest BCUT2D eigenvalue weighted by atomic mass is 10.0. The number of benzene rings is 2. The van der Waals surface area contributed by atoms with Gasteiger partial charge in [0.05, 0.1) is 6.21 Å². The molecule has 1 fully saturated rings. The number of aryl methyl sites for hydroxylation is 3. The number of rotatable bonds is 6. The fourth-order valence-corrected chi connectivity index (χ4v) is 3.75. The predicted octanol–water partition coefficient (Wildman–Crippen LogP) is 3.27. The number of hydrazone groups is 1. The van der Waals surface area contributed by atoms with Crippen LogP contribution in [0, 0.1) is 20.8 Å². The first-order chi connectivity index (χ1) is 13.5. The van der Waals surface area contributed by atoms with E-state index in [2.05, 4.69) is 77.5 Å². The number of hydrogen-bond acceptors (Lipinski definition) is 4. The SMILES string of the molecule is Cc1cc(C)c(/C=N/NC(=O)CCN2CCN(c3ccccc3)CC2)c(C)c1. The van der Waals surface area contributed by atoms with Crippen molar-refractivity contribution in [3.05, 3.63) is 64.7 Å². The highest BCUT2D eigenvalue weighted by atomic mass is 16.2. The molecule has 3 rings (SSSR count). The zero-order valence-electron chi connectivity index (χ0n) is 17.1. The summed E-state index contributed by atoms with van der Waals surface area (Å²) in [6, 6.07) is 14.8. The Balaban J connectivity index is 1.41. The van der Waals surface area contributed by atoms with Crippen molar-refractivity contribution in [3.63, 3.8) is 0 Å². The minimum atomic E-state index is -0.0378. The summed E-state index contributed by atoms with van der Waals surface area (Å²) in [4.78, 5) is 16.9. The number of amides is 1. The smallest absolute Gasteiger partial charge is 0.241 e. The molecule has 1 aliphatic heterocycles. The van der Waals surface area contributed by atoms with E-state index in [0.29, 0.717) is 6.42 Å². The molecule has 0 radical (unpaired) electrons. The third-order valence-electron chi connectivity index (χ3n) is 5.27. The summed E-state index contributed by atoms with van der Waals surface area (Å²) < 4.78 is 0. The molecule has 1 aliphatic rings. The molecule has 0 atom stereocenters. The number of nitrogens with zero attached hydrogens (tertiary/aromatic N) is 3. The highest BCUT2D eigenvalue weighted by Gasteiger charge is 2.17. The summed E-state index contributed by atoms with van der Waals surface area (Å²) in [5, 5.41) is 4.16. The van der Waals surface area contributed by atoms with Crippen LogP contribution in [0.4, 0.5) is 5.69 Å². The Labute approximate surface area is 168 Å². The van der Waals surface area contributed by atoms with Crippen LogP contribution in [-0.2, 0) is 4.79 Å². The summed E-state index contributed by atoms with van der Waals surface area (Å²) in [6.07, 6.45) is 2.22. The van der Waals surface area contributed by atoms with Gasteiger partial charge in [-0.2, -0.15) is 5.10 Å². The second-order valence-electron chi connectivity index (χ2n) is 7.52. The van der Waals surface area contributed by atoms with Crippen LogP contribution >= 0.6 is 0 Å².